The van der Waals surface area contributed by atoms with E-state index in [9.17, 15) is 4.79 Å². The largest absolute Gasteiger partial charge is 0.494 e. The molecule has 0 atom stereocenters. The topological polar surface area (TPSA) is 38.8 Å². The molecule has 0 spiro atoms. The highest BCUT2D eigenvalue weighted by atomic mass is 16.5. The average Bonchev–Trinajstić information content (AvgIpc) is 2.63. The van der Waals surface area contributed by atoms with Crippen LogP contribution in [0.5, 0.6) is 11.5 Å². The molecule has 0 heterocycles. The lowest BCUT2D eigenvalue weighted by atomic mass is 10.2. The second-order valence-electron chi connectivity index (χ2n) is 5.61. The van der Waals surface area contributed by atoms with Crippen molar-refractivity contribution in [2.24, 2.45) is 0 Å². The van der Waals surface area contributed by atoms with Crippen LogP contribution in [0, 0.1) is 0 Å². The average molecular weight is 327 g/mol. The van der Waals surface area contributed by atoms with Gasteiger partial charge in [0.1, 0.15) is 18.1 Å². The second kappa shape index (κ2) is 9.60. The van der Waals surface area contributed by atoms with E-state index in [0.717, 1.165) is 24.3 Å². The molecule has 2 aromatic carbocycles. The number of hydrogen-bond acceptors (Lipinski definition) is 3. The van der Waals surface area contributed by atoms with Gasteiger partial charge in [0, 0.05) is 12.6 Å². The lowest BCUT2D eigenvalue weighted by molar-refractivity contribution is 0.0773. The van der Waals surface area contributed by atoms with E-state index in [1.165, 1.54) is 0 Å². The van der Waals surface area contributed by atoms with Gasteiger partial charge >= 0.3 is 0 Å². The number of hydrogen-bond donors (Lipinski definition) is 0. The molecule has 4 nitrogen and oxygen atoms in total. The minimum atomic E-state index is -0.0215. The van der Waals surface area contributed by atoms with Crippen molar-refractivity contribution in [2.45, 2.75) is 19.8 Å². The van der Waals surface area contributed by atoms with E-state index in [1.807, 2.05) is 42.5 Å². The molecule has 0 saturated carbocycles. The highest BCUT2D eigenvalue weighted by Crippen LogP contribution is 2.14. The van der Waals surface area contributed by atoms with E-state index in [1.54, 1.807) is 24.1 Å². The smallest absolute Gasteiger partial charge is 0.253 e. The number of carbonyl (C=O) groups excluding carboxylic acids is 1. The Hall–Kier alpha value is -2.49. The molecule has 2 aromatic rings. The number of unbranched alkanes of at least 4 members (excludes halogenated alkanes) is 1. The van der Waals surface area contributed by atoms with Crippen molar-refractivity contribution < 1.29 is 14.3 Å². The first-order chi connectivity index (χ1) is 11.7. The van der Waals surface area contributed by atoms with Crippen LogP contribution in [-0.4, -0.2) is 37.6 Å². The molecule has 0 aliphatic carbocycles. The summed E-state index contributed by atoms with van der Waals surface area (Å²) in [4.78, 5) is 14.1. The van der Waals surface area contributed by atoms with Crippen molar-refractivity contribution in [3.63, 3.8) is 0 Å². The summed E-state index contributed by atoms with van der Waals surface area (Å²) < 4.78 is 11.2. The highest BCUT2D eigenvalue weighted by molar-refractivity contribution is 5.94. The number of rotatable bonds is 9. The fourth-order valence-electron chi connectivity index (χ4n) is 2.17. The second-order valence-corrected chi connectivity index (χ2v) is 5.61. The molecule has 0 radical (unpaired) electrons. The Balaban J connectivity index is 1.79. The molecule has 0 aliphatic rings. The van der Waals surface area contributed by atoms with Crippen LogP contribution in [0.3, 0.4) is 0 Å². The normalized spacial score (nSPS) is 10.2. The zero-order chi connectivity index (χ0) is 17.2. The molecule has 0 saturated heterocycles. The van der Waals surface area contributed by atoms with Crippen LogP contribution >= 0.6 is 0 Å². The number of carbonyl (C=O) groups is 1. The predicted molar refractivity (Wildman–Crippen MR) is 95.7 cm³/mol. The molecule has 2 rings (SSSR count). The minimum Gasteiger partial charge on any atom is -0.494 e. The van der Waals surface area contributed by atoms with E-state index in [4.69, 9.17) is 9.47 Å². The molecular weight excluding hydrogens is 302 g/mol. The van der Waals surface area contributed by atoms with Gasteiger partial charge in [-0.25, -0.2) is 0 Å². The molecule has 128 valence electrons. The maximum Gasteiger partial charge on any atom is 0.253 e. The molecule has 4 heteroatoms. The lowest BCUT2D eigenvalue weighted by Gasteiger charge is -2.17. The fraction of sp³-hybridized carbons (Fsp3) is 0.350. The Morgan fingerprint density at radius 2 is 1.54 bits per heavy atom. The zero-order valence-electron chi connectivity index (χ0n) is 14.4. The number of ether oxygens (including phenoxy) is 2. The van der Waals surface area contributed by atoms with Crippen molar-refractivity contribution in [1.29, 1.82) is 0 Å². The number of benzene rings is 2. The quantitative estimate of drug-likeness (QED) is 0.653. The molecule has 0 aromatic heterocycles. The first kappa shape index (κ1) is 17.9. The third-order valence-electron chi connectivity index (χ3n) is 3.65. The summed E-state index contributed by atoms with van der Waals surface area (Å²) in [5, 5.41) is 0. The van der Waals surface area contributed by atoms with Gasteiger partial charge in [-0.2, -0.15) is 0 Å². The Morgan fingerprint density at radius 1 is 0.917 bits per heavy atom. The number of likely N-dealkylation sites (N-methyl/N-ethyl adjacent to an activating group) is 1. The SMILES string of the molecule is CCCCOc1ccc(C(=O)N(C)CCOc2ccccc2)cc1. The summed E-state index contributed by atoms with van der Waals surface area (Å²) in [5.74, 6) is 1.59. The number of para-hydroxylation sites is 1. The number of amides is 1. The van der Waals surface area contributed by atoms with Gasteiger partial charge in [-0.1, -0.05) is 31.5 Å². The maximum absolute atomic E-state index is 12.4. The van der Waals surface area contributed by atoms with Gasteiger partial charge in [0.25, 0.3) is 5.91 Å². The Bertz CT molecular complexity index is 611. The van der Waals surface area contributed by atoms with Crippen molar-refractivity contribution in [3.8, 4) is 11.5 Å². The van der Waals surface area contributed by atoms with Gasteiger partial charge in [-0.3, -0.25) is 4.79 Å². The molecular formula is C20H25NO3. The van der Waals surface area contributed by atoms with Crippen LogP contribution in [0.25, 0.3) is 0 Å². The van der Waals surface area contributed by atoms with Crippen LogP contribution < -0.4 is 9.47 Å². The van der Waals surface area contributed by atoms with Gasteiger partial charge in [0.05, 0.1) is 13.2 Å². The summed E-state index contributed by atoms with van der Waals surface area (Å²) in [6.07, 6.45) is 2.14. The van der Waals surface area contributed by atoms with Gasteiger partial charge < -0.3 is 14.4 Å². The Labute approximate surface area is 144 Å². The van der Waals surface area contributed by atoms with Gasteiger partial charge in [-0.05, 0) is 42.8 Å². The van der Waals surface area contributed by atoms with Gasteiger partial charge in [0.15, 0.2) is 0 Å². The minimum absolute atomic E-state index is 0.0215. The monoisotopic (exact) mass is 327 g/mol. The Kier molecular flexibility index (Phi) is 7.15. The summed E-state index contributed by atoms with van der Waals surface area (Å²) in [6.45, 7) is 3.83. The maximum atomic E-state index is 12.4. The fourth-order valence-corrected chi connectivity index (χ4v) is 2.17. The van der Waals surface area contributed by atoms with Crippen LogP contribution in [0.2, 0.25) is 0 Å². The first-order valence-electron chi connectivity index (χ1n) is 8.37. The summed E-state index contributed by atoms with van der Waals surface area (Å²) in [7, 11) is 1.78. The molecule has 0 bridgehead atoms. The molecule has 0 N–H and O–H groups in total. The molecule has 0 aliphatic heterocycles. The van der Waals surface area contributed by atoms with Crippen molar-refractivity contribution in [2.75, 3.05) is 26.8 Å². The highest BCUT2D eigenvalue weighted by Gasteiger charge is 2.11. The van der Waals surface area contributed by atoms with Crippen molar-refractivity contribution in [1.82, 2.24) is 4.90 Å². The molecule has 0 fully saturated rings. The van der Waals surface area contributed by atoms with Crippen LogP contribution in [0.4, 0.5) is 0 Å². The van der Waals surface area contributed by atoms with Gasteiger partial charge in [-0.15, -0.1) is 0 Å². The van der Waals surface area contributed by atoms with Crippen molar-refractivity contribution in [3.05, 3.63) is 60.2 Å². The van der Waals surface area contributed by atoms with E-state index >= 15 is 0 Å². The summed E-state index contributed by atoms with van der Waals surface area (Å²) in [6, 6.07) is 16.9. The van der Waals surface area contributed by atoms with Crippen LogP contribution in [0.1, 0.15) is 30.1 Å². The molecule has 1 amide bonds. The van der Waals surface area contributed by atoms with E-state index in [-0.39, 0.29) is 5.91 Å². The third-order valence-corrected chi connectivity index (χ3v) is 3.65. The summed E-state index contributed by atoms with van der Waals surface area (Å²) in [5.41, 5.74) is 0.653. The van der Waals surface area contributed by atoms with E-state index in [0.29, 0.717) is 25.3 Å². The standard InChI is InChI=1S/C20H25NO3/c1-3-4-15-23-19-12-10-17(11-13-19)20(22)21(2)14-16-24-18-8-6-5-7-9-18/h5-13H,3-4,14-16H2,1-2H3. The van der Waals surface area contributed by atoms with Crippen LogP contribution in [0.15, 0.2) is 54.6 Å². The lowest BCUT2D eigenvalue weighted by Crippen LogP contribution is -2.30. The molecule has 24 heavy (non-hydrogen) atoms. The third kappa shape index (κ3) is 5.61. The van der Waals surface area contributed by atoms with Crippen molar-refractivity contribution >= 4 is 5.91 Å². The van der Waals surface area contributed by atoms with E-state index in [2.05, 4.69) is 6.92 Å². The van der Waals surface area contributed by atoms with E-state index < -0.39 is 0 Å². The predicted octanol–water partition coefficient (Wildman–Crippen LogP) is 4.02. The Morgan fingerprint density at radius 3 is 2.21 bits per heavy atom. The molecule has 0 unspecified atom stereocenters. The first-order valence-corrected chi connectivity index (χ1v) is 8.37. The van der Waals surface area contributed by atoms with Gasteiger partial charge in [0.2, 0.25) is 0 Å². The van der Waals surface area contributed by atoms with Crippen LogP contribution in [-0.2, 0) is 0 Å². The summed E-state index contributed by atoms with van der Waals surface area (Å²) >= 11 is 0. The number of nitrogens with zero attached hydrogens (tertiary/aromatic N) is 1. The zero-order valence-corrected chi connectivity index (χ0v) is 14.4.